The lowest BCUT2D eigenvalue weighted by atomic mass is 10.0. The van der Waals surface area contributed by atoms with Gasteiger partial charge >= 0.3 is 0 Å². The van der Waals surface area contributed by atoms with E-state index in [2.05, 4.69) is 138 Å². The molecular formula is C35H22N2S. The third-order valence-corrected chi connectivity index (χ3v) is 8.52. The van der Waals surface area contributed by atoms with E-state index in [4.69, 9.17) is 4.98 Å². The van der Waals surface area contributed by atoms with Crippen LogP contribution in [0.5, 0.6) is 0 Å². The summed E-state index contributed by atoms with van der Waals surface area (Å²) in [7, 11) is 0. The van der Waals surface area contributed by atoms with E-state index in [9.17, 15) is 0 Å². The molecule has 8 rings (SSSR count). The van der Waals surface area contributed by atoms with Crippen LogP contribution in [0.4, 0.5) is 0 Å². The molecule has 3 heterocycles. The van der Waals surface area contributed by atoms with Crippen molar-refractivity contribution in [2.24, 2.45) is 0 Å². The zero-order valence-electron chi connectivity index (χ0n) is 20.5. The molecule has 0 spiro atoms. The summed E-state index contributed by atoms with van der Waals surface area (Å²) in [5.74, 6) is 0.926. The van der Waals surface area contributed by atoms with Crippen molar-refractivity contribution in [1.29, 1.82) is 0 Å². The van der Waals surface area contributed by atoms with Gasteiger partial charge in [0.1, 0.15) is 5.82 Å². The number of nitrogens with zero attached hydrogens (tertiary/aromatic N) is 2. The Hall–Kier alpha value is -4.73. The molecule has 0 unspecified atom stereocenters. The second kappa shape index (κ2) is 8.41. The van der Waals surface area contributed by atoms with Crippen LogP contribution in [0, 0.1) is 0 Å². The number of pyridine rings is 1. The number of thiophene rings is 1. The number of para-hydroxylation sites is 1. The van der Waals surface area contributed by atoms with E-state index in [1.54, 1.807) is 0 Å². The molecule has 8 aromatic rings. The Kier molecular flexibility index (Phi) is 4.73. The van der Waals surface area contributed by atoms with Gasteiger partial charge in [-0.25, -0.2) is 4.98 Å². The van der Waals surface area contributed by atoms with Crippen LogP contribution >= 0.6 is 11.3 Å². The molecule has 0 bridgehead atoms. The first-order chi connectivity index (χ1) is 18.8. The van der Waals surface area contributed by atoms with Crippen molar-refractivity contribution >= 4 is 53.3 Å². The van der Waals surface area contributed by atoms with E-state index < -0.39 is 0 Å². The molecule has 0 saturated heterocycles. The molecule has 0 saturated carbocycles. The lowest BCUT2D eigenvalue weighted by Crippen LogP contribution is -2.00. The fourth-order valence-electron chi connectivity index (χ4n) is 5.62. The molecule has 0 amide bonds. The predicted octanol–water partition coefficient (Wildman–Crippen LogP) is 9.88. The van der Waals surface area contributed by atoms with Gasteiger partial charge in [-0.15, -0.1) is 11.3 Å². The lowest BCUT2D eigenvalue weighted by Gasteiger charge is -2.13. The normalized spacial score (nSPS) is 11.7. The Morgan fingerprint density at radius 2 is 1.13 bits per heavy atom. The smallest absolute Gasteiger partial charge is 0.138 e. The summed E-state index contributed by atoms with van der Waals surface area (Å²) in [6.07, 6.45) is 0. The van der Waals surface area contributed by atoms with Crippen LogP contribution in [-0.4, -0.2) is 9.55 Å². The number of hydrogen-bond acceptors (Lipinski definition) is 2. The Bertz CT molecular complexity index is 2060. The molecule has 5 aromatic carbocycles. The summed E-state index contributed by atoms with van der Waals surface area (Å²) < 4.78 is 4.98. The standard InChI is InChI=1S/C35H22N2S/c1-3-11-23(12-4-1)25-19-30(24-13-5-2-6-14-24)36-35(20-25)37-31-17-9-7-15-26(31)28-22-34-29(21-32(28)37)27-16-8-10-18-33(27)38-34/h1-22H. The second-order valence-corrected chi connectivity index (χ2v) is 10.7. The van der Waals surface area contributed by atoms with Crippen LogP contribution in [0.2, 0.25) is 0 Å². The van der Waals surface area contributed by atoms with Crippen LogP contribution in [0.25, 0.3) is 70.2 Å². The van der Waals surface area contributed by atoms with Crippen molar-refractivity contribution in [3.63, 3.8) is 0 Å². The maximum atomic E-state index is 5.27. The largest absolute Gasteiger partial charge is 0.294 e. The number of fused-ring (bicyclic) bond motifs is 6. The van der Waals surface area contributed by atoms with E-state index in [0.29, 0.717) is 0 Å². The first-order valence-electron chi connectivity index (χ1n) is 12.8. The van der Waals surface area contributed by atoms with Crippen molar-refractivity contribution in [2.75, 3.05) is 0 Å². The lowest BCUT2D eigenvalue weighted by molar-refractivity contribution is 1.09. The summed E-state index contributed by atoms with van der Waals surface area (Å²) in [6.45, 7) is 0. The summed E-state index contributed by atoms with van der Waals surface area (Å²) in [4.78, 5) is 5.27. The first kappa shape index (κ1) is 21.4. The molecule has 0 aliphatic rings. The summed E-state index contributed by atoms with van der Waals surface area (Å²) in [5.41, 5.74) is 6.76. The average molecular weight is 503 g/mol. The van der Waals surface area contributed by atoms with E-state index >= 15 is 0 Å². The van der Waals surface area contributed by atoms with Crippen LogP contribution in [0.1, 0.15) is 0 Å². The van der Waals surface area contributed by atoms with Crippen LogP contribution in [-0.2, 0) is 0 Å². The first-order valence-corrected chi connectivity index (χ1v) is 13.6. The van der Waals surface area contributed by atoms with Gasteiger partial charge in [0.15, 0.2) is 0 Å². The van der Waals surface area contributed by atoms with E-state index in [1.807, 2.05) is 11.3 Å². The number of rotatable bonds is 3. The van der Waals surface area contributed by atoms with Gasteiger partial charge in [0, 0.05) is 36.5 Å². The molecule has 3 aromatic heterocycles. The molecule has 0 atom stereocenters. The Balaban J connectivity index is 1.49. The van der Waals surface area contributed by atoms with Gasteiger partial charge < -0.3 is 0 Å². The maximum Gasteiger partial charge on any atom is 0.138 e. The maximum absolute atomic E-state index is 5.27. The van der Waals surface area contributed by atoms with Gasteiger partial charge in [-0.2, -0.15) is 0 Å². The van der Waals surface area contributed by atoms with Gasteiger partial charge in [-0.1, -0.05) is 97.1 Å². The van der Waals surface area contributed by atoms with Crippen molar-refractivity contribution in [2.45, 2.75) is 0 Å². The minimum Gasteiger partial charge on any atom is -0.294 e. The second-order valence-electron chi connectivity index (χ2n) is 9.65. The molecule has 2 nitrogen and oxygen atoms in total. The Morgan fingerprint density at radius 3 is 1.95 bits per heavy atom. The monoisotopic (exact) mass is 502 g/mol. The zero-order valence-corrected chi connectivity index (χ0v) is 21.3. The van der Waals surface area contributed by atoms with Gasteiger partial charge in [-0.05, 0) is 47.5 Å². The summed E-state index contributed by atoms with van der Waals surface area (Å²) in [5, 5.41) is 5.11. The van der Waals surface area contributed by atoms with Crippen molar-refractivity contribution < 1.29 is 0 Å². The minimum absolute atomic E-state index is 0.926. The molecule has 38 heavy (non-hydrogen) atoms. The quantitative estimate of drug-likeness (QED) is 0.235. The van der Waals surface area contributed by atoms with Gasteiger partial charge in [0.05, 0.1) is 16.7 Å². The molecule has 0 fully saturated rings. The fourth-order valence-corrected chi connectivity index (χ4v) is 6.75. The third-order valence-electron chi connectivity index (χ3n) is 7.39. The fraction of sp³-hybridized carbons (Fsp3) is 0. The Labute approximate surface area is 224 Å². The van der Waals surface area contributed by atoms with E-state index in [-0.39, 0.29) is 0 Å². The molecule has 0 N–H and O–H groups in total. The van der Waals surface area contributed by atoms with E-state index in [0.717, 1.165) is 22.6 Å². The van der Waals surface area contributed by atoms with Crippen molar-refractivity contribution in [3.8, 4) is 28.2 Å². The molecule has 178 valence electrons. The highest BCUT2D eigenvalue weighted by Crippen LogP contribution is 2.41. The highest BCUT2D eigenvalue weighted by atomic mass is 32.1. The topological polar surface area (TPSA) is 17.8 Å². The average Bonchev–Trinajstić information content (AvgIpc) is 3.51. The van der Waals surface area contributed by atoms with Crippen LogP contribution < -0.4 is 0 Å². The van der Waals surface area contributed by atoms with Gasteiger partial charge in [-0.3, -0.25) is 4.57 Å². The minimum atomic E-state index is 0.926. The Morgan fingerprint density at radius 1 is 0.447 bits per heavy atom. The van der Waals surface area contributed by atoms with Crippen LogP contribution in [0.3, 0.4) is 0 Å². The van der Waals surface area contributed by atoms with Gasteiger partial charge in [0.2, 0.25) is 0 Å². The zero-order chi connectivity index (χ0) is 25.1. The highest BCUT2D eigenvalue weighted by molar-refractivity contribution is 7.25. The predicted molar refractivity (Wildman–Crippen MR) is 162 cm³/mol. The molecule has 3 heteroatoms. The molecule has 0 aliphatic carbocycles. The molecular weight excluding hydrogens is 480 g/mol. The number of aromatic nitrogens is 2. The highest BCUT2D eigenvalue weighted by Gasteiger charge is 2.17. The number of hydrogen-bond donors (Lipinski definition) is 0. The SMILES string of the molecule is c1ccc(-c2cc(-c3ccccc3)nc(-n3c4ccccc4c4cc5sc6ccccc6c5cc43)c2)cc1. The number of benzene rings is 5. The van der Waals surface area contributed by atoms with Crippen LogP contribution in [0.15, 0.2) is 133 Å². The summed E-state index contributed by atoms with van der Waals surface area (Å²) >= 11 is 1.86. The van der Waals surface area contributed by atoms with Gasteiger partial charge in [0.25, 0.3) is 0 Å². The van der Waals surface area contributed by atoms with E-state index in [1.165, 1.54) is 47.5 Å². The van der Waals surface area contributed by atoms with Crippen molar-refractivity contribution in [1.82, 2.24) is 9.55 Å². The van der Waals surface area contributed by atoms with Crippen molar-refractivity contribution in [3.05, 3.63) is 133 Å². The third kappa shape index (κ3) is 3.29. The molecule has 0 radical (unpaired) electrons. The molecule has 0 aliphatic heterocycles. The summed E-state index contributed by atoms with van der Waals surface area (Å²) in [6, 6.07) is 47.6.